The second kappa shape index (κ2) is 6.93. The molecule has 0 spiro atoms. The molecule has 0 N–H and O–H groups in total. The zero-order chi connectivity index (χ0) is 14.4. The molecule has 1 atom stereocenters. The molecule has 104 valence electrons. The van der Waals surface area contributed by atoms with Crippen LogP contribution in [0.25, 0.3) is 0 Å². The molecule has 0 amide bonds. The minimum Gasteiger partial charge on any atom is -0.481 e. The smallest absolute Gasteiger partial charge is 0.306 e. The van der Waals surface area contributed by atoms with E-state index in [1.165, 1.54) is 26.4 Å². The van der Waals surface area contributed by atoms with Gasteiger partial charge < -0.3 is 9.47 Å². The van der Waals surface area contributed by atoms with E-state index in [0.29, 0.717) is 5.88 Å². The van der Waals surface area contributed by atoms with Crippen LogP contribution in [0.1, 0.15) is 13.3 Å². The third-order valence-corrected chi connectivity index (χ3v) is 3.31. The van der Waals surface area contributed by atoms with Gasteiger partial charge >= 0.3 is 11.7 Å². The van der Waals surface area contributed by atoms with Crippen LogP contribution in [-0.2, 0) is 9.53 Å². The molecule has 1 unspecified atom stereocenters. The van der Waals surface area contributed by atoms with Crippen LogP contribution in [-0.4, -0.2) is 35.3 Å². The number of carbonyl (C=O) groups excluding carboxylic acids is 1. The Hall–Kier alpha value is -1.83. The summed E-state index contributed by atoms with van der Waals surface area (Å²) in [6.07, 6.45) is 0.150. The zero-order valence-electron chi connectivity index (χ0n) is 10.8. The molecule has 19 heavy (non-hydrogen) atoms. The Bertz CT molecular complexity index is 480. The van der Waals surface area contributed by atoms with Crippen molar-refractivity contribution in [3.8, 4) is 5.88 Å². The lowest BCUT2D eigenvalue weighted by Crippen LogP contribution is -2.09. The topological polar surface area (TPSA) is 91.6 Å². The summed E-state index contributed by atoms with van der Waals surface area (Å²) in [6.45, 7) is 1.77. The predicted molar refractivity (Wildman–Crippen MR) is 69.4 cm³/mol. The molecule has 0 aliphatic rings. The van der Waals surface area contributed by atoms with Crippen molar-refractivity contribution in [1.82, 2.24) is 4.98 Å². The Kier molecular flexibility index (Phi) is 5.56. The van der Waals surface area contributed by atoms with Crippen LogP contribution >= 0.6 is 11.8 Å². The first kappa shape index (κ1) is 15.2. The molecular weight excluding hydrogens is 272 g/mol. The fourth-order valence-corrected chi connectivity index (χ4v) is 2.31. The standard InChI is InChI=1S/C11H14N2O5S/c1-7(6-10(14)18-3)19-11-8(13(15)16)4-5-9(12-11)17-2/h4-5,7H,6H2,1-3H3. The normalized spacial score (nSPS) is 11.7. The molecule has 0 radical (unpaired) electrons. The number of nitro groups is 1. The number of esters is 1. The molecular formula is C11H14N2O5S. The summed E-state index contributed by atoms with van der Waals surface area (Å²) in [5.74, 6) is -0.0797. The number of rotatable bonds is 6. The van der Waals surface area contributed by atoms with Crippen molar-refractivity contribution >= 4 is 23.4 Å². The molecule has 1 aromatic rings. The van der Waals surface area contributed by atoms with E-state index < -0.39 is 4.92 Å². The number of aromatic nitrogens is 1. The maximum Gasteiger partial charge on any atom is 0.306 e. The number of nitrogens with zero attached hydrogens (tertiary/aromatic N) is 2. The van der Waals surface area contributed by atoms with Crippen molar-refractivity contribution in [2.75, 3.05) is 14.2 Å². The summed E-state index contributed by atoms with van der Waals surface area (Å²) in [6, 6.07) is 2.76. The van der Waals surface area contributed by atoms with Crippen molar-refractivity contribution in [3.05, 3.63) is 22.2 Å². The van der Waals surface area contributed by atoms with Crippen LogP contribution in [0.2, 0.25) is 0 Å². The number of hydrogen-bond donors (Lipinski definition) is 0. The van der Waals surface area contributed by atoms with E-state index in [0.717, 1.165) is 11.8 Å². The first-order valence-electron chi connectivity index (χ1n) is 5.40. The van der Waals surface area contributed by atoms with Crippen LogP contribution in [0, 0.1) is 10.1 Å². The number of pyridine rings is 1. The third kappa shape index (κ3) is 4.40. The lowest BCUT2D eigenvalue weighted by Gasteiger charge is -2.10. The molecule has 0 saturated heterocycles. The lowest BCUT2D eigenvalue weighted by atomic mass is 10.3. The maximum atomic E-state index is 11.1. The van der Waals surface area contributed by atoms with E-state index in [2.05, 4.69) is 9.72 Å². The zero-order valence-corrected chi connectivity index (χ0v) is 11.6. The van der Waals surface area contributed by atoms with E-state index in [-0.39, 0.29) is 28.4 Å². The highest BCUT2D eigenvalue weighted by Gasteiger charge is 2.21. The fourth-order valence-electron chi connectivity index (χ4n) is 1.31. The highest BCUT2D eigenvalue weighted by molar-refractivity contribution is 8.00. The van der Waals surface area contributed by atoms with Gasteiger partial charge in [-0.2, -0.15) is 4.98 Å². The van der Waals surface area contributed by atoms with Crippen LogP contribution in [0.3, 0.4) is 0 Å². The summed E-state index contributed by atoms with van der Waals surface area (Å²) in [4.78, 5) is 25.6. The molecule has 0 bridgehead atoms. The lowest BCUT2D eigenvalue weighted by molar-refractivity contribution is -0.388. The Morgan fingerprint density at radius 3 is 2.74 bits per heavy atom. The van der Waals surface area contributed by atoms with Gasteiger partial charge in [0.1, 0.15) is 0 Å². The second-order valence-corrected chi connectivity index (χ2v) is 5.07. The van der Waals surface area contributed by atoms with Crippen molar-refractivity contribution in [2.45, 2.75) is 23.6 Å². The SMILES string of the molecule is COC(=O)CC(C)Sc1nc(OC)ccc1[N+](=O)[O-]. The molecule has 1 aromatic heterocycles. The largest absolute Gasteiger partial charge is 0.481 e. The van der Waals surface area contributed by atoms with Crippen LogP contribution in [0.4, 0.5) is 5.69 Å². The average Bonchev–Trinajstić information content (AvgIpc) is 2.37. The van der Waals surface area contributed by atoms with E-state index in [9.17, 15) is 14.9 Å². The summed E-state index contributed by atoms with van der Waals surface area (Å²) >= 11 is 1.14. The molecule has 1 heterocycles. The highest BCUT2D eigenvalue weighted by atomic mass is 32.2. The Labute approximate surface area is 114 Å². The molecule has 8 heteroatoms. The van der Waals surface area contributed by atoms with Gasteiger partial charge in [0, 0.05) is 17.4 Å². The van der Waals surface area contributed by atoms with Gasteiger partial charge in [0.05, 0.1) is 25.6 Å². The maximum absolute atomic E-state index is 11.1. The first-order chi connectivity index (χ1) is 8.97. The van der Waals surface area contributed by atoms with Crippen molar-refractivity contribution in [3.63, 3.8) is 0 Å². The summed E-state index contributed by atoms with van der Waals surface area (Å²) in [7, 11) is 2.73. The van der Waals surface area contributed by atoms with Gasteiger partial charge in [-0.15, -0.1) is 0 Å². The molecule has 0 aromatic carbocycles. The molecule has 0 aliphatic carbocycles. The van der Waals surface area contributed by atoms with Gasteiger partial charge in [-0.1, -0.05) is 18.7 Å². The quantitative estimate of drug-likeness (QED) is 0.342. The Morgan fingerprint density at radius 2 is 2.21 bits per heavy atom. The summed E-state index contributed by atoms with van der Waals surface area (Å²) in [5.41, 5.74) is -0.109. The van der Waals surface area contributed by atoms with E-state index >= 15 is 0 Å². The molecule has 0 fully saturated rings. The predicted octanol–water partition coefficient (Wildman–Crippen LogP) is 2.04. The Morgan fingerprint density at radius 1 is 1.53 bits per heavy atom. The second-order valence-electron chi connectivity index (χ2n) is 3.64. The van der Waals surface area contributed by atoms with Crippen LogP contribution < -0.4 is 4.74 Å². The summed E-state index contributed by atoms with van der Waals surface area (Å²) in [5, 5.41) is 10.9. The van der Waals surface area contributed by atoms with Crippen LogP contribution in [0.15, 0.2) is 17.2 Å². The van der Waals surface area contributed by atoms with Gasteiger partial charge in [0.25, 0.3) is 0 Å². The van der Waals surface area contributed by atoms with E-state index in [1.54, 1.807) is 6.92 Å². The van der Waals surface area contributed by atoms with Gasteiger partial charge in [0.2, 0.25) is 5.88 Å². The van der Waals surface area contributed by atoms with Gasteiger partial charge in [-0.25, -0.2) is 0 Å². The number of ether oxygens (including phenoxy) is 2. The molecule has 0 saturated carbocycles. The minimum absolute atomic E-state index is 0.109. The summed E-state index contributed by atoms with van der Waals surface area (Å²) < 4.78 is 9.48. The van der Waals surface area contributed by atoms with Crippen molar-refractivity contribution in [2.24, 2.45) is 0 Å². The van der Waals surface area contributed by atoms with Crippen LogP contribution in [0.5, 0.6) is 5.88 Å². The monoisotopic (exact) mass is 286 g/mol. The minimum atomic E-state index is -0.514. The van der Waals surface area contributed by atoms with E-state index in [4.69, 9.17) is 4.74 Å². The van der Waals surface area contributed by atoms with Crippen molar-refractivity contribution in [1.29, 1.82) is 0 Å². The number of hydrogen-bond acceptors (Lipinski definition) is 7. The highest BCUT2D eigenvalue weighted by Crippen LogP contribution is 2.33. The molecule has 7 nitrogen and oxygen atoms in total. The molecule has 1 rings (SSSR count). The Balaban J connectivity index is 2.91. The van der Waals surface area contributed by atoms with Gasteiger partial charge in [-0.05, 0) is 0 Å². The van der Waals surface area contributed by atoms with Gasteiger partial charge in [-0.3, -0.25) is 14.9 Å². The van der Waals surface area contributed by atoms with Crippen molar-refractivity contribution < 1.29 is 19.2 Å². The third-order valence-electron chi connectivity index (χ3n) is 2.22. The first-order valence-corrected chi connectivity index (χ1v) is 6.28. The average molecular weight is 286 g/mol. The fraction of sp³-hybridized carbons (Fsp3) is 0.455. The number of methoxy groups -OCH3 is 2. The molecule has 0 aliphatic heterocycles. The van der Waals surface area contributed by atoms with Gasteiger partial charge in [0.15, 0.2) is 5.03 Å². The number of thioether (sulfide) groups is 1. The van der Waals surface area contributed by atoms with E-state index in [1.807, 2.05) is 0 Å². The number of carbonyl (C=O) groups is 1.